The largest absolute Gasteiger partial charge is 0.306 e. The number of allylic oxidation sites excluding steroid dienone is 5. The van der Waals surface area contributed by atoms with E-state index in [4.69, 9.17) is 0 Å². The minimum Gasteiger partial charge on any atom is -0.306 e. The summed E-state index contributed by atoms with van der Waals surface area (Å²) in [6, 6.07) is 43.5. The zero-order valence-corrected chi connectivity index (χ0v) is 23.2. The molecule has 2 heteroatoms. The van der Waals surface area contributed by atoms with Crippen molar-refractivity contribution < 1.29 is 20.4 Å². The fourth-order valence-electron chi connectivity index (χ4n) is 4.71. The number of rotatable bonds is 8. The van der Waals surface area contributed by atoms with Crippen LogP contribution in [0.1, 0.15) is 22.3 Å². The Morgan fingerprint density at radius 3 is 2.05 bits per heavy atom. The molecule has 0 atom stereocenters. The molecule has 1 aliphatic carbocycles. The second kappa shape index (κ2) is 13.2. The fourth-order valence-corrected chi connectivity index (χ4v) is 4.71. The van der Waals surface area contributed by atoms with Crippen LogP contribution in [-0.4, -0.2) is 25.5 Å². The van der Waals surface area contributed by atoms with E-state index in [0.717, 1.165) is 45.9 Å². The summed E-state index contributed by atoms with van der Waals surface area (Å²) in [5.41, 5.74) is 9.11. The third kappa shape index (κ3) is 6.42. The first-order chi connectivity index (χ1) is 18.2. The molecule has 0 spiro atoms. The van der Waals surface area contributed by atoms with Crippen molar-refractivity contribution in [3.05, 3.63) is 185 Å². The number of benzene rings is 4. The second-order valence-corrected chi connectivity index (χ2v) is 9.33. The van der Waals surface area contributed by atoms with Crippen LogP contribution in [0.3, 0.4) is 0 Å². The van der Waals surface area contributed by atoms with Crippen molar-refractivity contribution >= 4 is 11.1 Å². The van der Waals surface area contributed by atoms with Crippen molar-refractivity contribution in [3.63, 3.8) is 0 Å². The Morgan fingerprint density at radius 2 is 1.42 bits per heavy atom. The molecule has 0 saturated heterocycles. The molecule has 0 amide bonds. The van der Waals surface area contributed by atoms with Gasteiger partial charge in [0.1, 0.15) is 0 Å². The molecular weight excluding hydrogens is 553 g/mol. The minimum absolute atomic E-state index is 0. The van der Waals surface area contributed by atoms with Gasteiger partial charge in [-0.25, -0.2) is 17.2 Å². The summed E-state index contributed by atoms with van der Waals surface area (Å²) in [7, 11) is 4.23. The van der Waals surface area contributed by atoms with Gasteiger partial charge in [-0.3, -0.25) is 0 Å². The molecule has 0 N–H and O–H groups in total. The van der Waals surface area contributed by atoms with E-state index >= 15 is 0 Å². The van der Waals surface area contributed by atoms with Crippen LogP contribution in [0.4, 0.5) is 0 Å². The maximum Gasteiger partial charge on any atom is 0.0128 e. The molecule has 192 valence electrons. The standard InChI is InChI=1S/C36H30N.Pd/c1-37(2)27-32-24-15-25-33(32)35(30-20-11-5-12-21-30)36(31-22-13-6-14-23-31)34(29-18-9-4-10-19-29)26-28-16-7-3-8-17-28;/h3-20,22-25H,27H2,1-2H3;/q-3;/b35-33-;. The van der Waals surface area contributed by atoms with Crippen LogP contribution in [0.5, 0.6) is 0 Å². The predicted molar refractivity (Wildman–Crippen MR) is 155 cm³/mol. The van der Waals surface area contributed by atoms with E-state index in [1.807, 2.05) is 18.2 Å². The minimum atomic E-state index is 0. The molecule has 0 saturated carbocycles. The Morgan fingerprint density at radius 1 is 0.789 bits per heavy atom. The van der Waals surface area contributed by atoms with Crippen molar-refractivity contribution in [2.75, 3.05) is 20.6 Å². The average Bonchev–Trinajstić information content (AvgIpc) is 3.39. The average molecular weight is 583 g/mol. The molecule has 0 fully saturated rings. The Balaban J connectivity index is 0.00000336. The fraction of sp³-hybridized carbons (Fsp3) is 0.0833. The molecule has 1 nitrogen and oxygen atoms in total. The van der Waals surface area contributed by atoms with Gasteiger partial charge in [-0.2, -0.15) is 35.3 Å². The molecule has 4 aromatic rings. The first-order valence-electron chi connectivity index (χ1n) is 12.6. The van der Waals surface area contributed by atoms with Gasteiger partial charge in [-0.15, -0.1) is 65.8 Å². The van der Waals surface area contributed by atoms with Crippen LogP contribution in [0.25, 0.3) is 11.1 Å². The van der Waals surface area contributed by atoms with E-state index in [2.05, 4.69) is 146 Å². The molecule has 1 aliphatic rings. The van der Waals surface area contributed by atoms with Gasteiger partial charge in [-0.05, 0) is 14.1 Å². The van der Waals surface area contributed by atoms with E-state index in [0.29, 0.717) is 0 Å². The predicted octanol–water partition coefficient (Wildman–Crippen LogP) is 7.85. The van der Waals surface area contributed by atoms with E-state index in [-0.39, 0.29) is 20.4 Å². The van der Waals surface area contributed by atoms with Crippen LogP contribution in [0.15, 0.2) is 145 Å². The molecule has 0 bridgehead atoms. The van der Waals surface area contributed by atoms with Gasteiger partial charge < -0.3 is 4.90 Å². The first-order valence-corrected chi connectivity index (χ1v) is 12.6. The summed E-state index contributed by atoms with van der Waals surface area (Å²) < 4.78 is 0. The Bertz CT molecular complexity index is 1430. The van der Waals surface area contributed by atoms with Gasteiger partial charge in [-0.1, -0.05) is 77.9 Å². The zero-order valence-electron chi connectivity index (χ0n) is 21.7. The van der Waals surface area contributed by atoms with Crippen molar-refractivity contribution in [1.29, 1.82) is 0 Å². The van der Waals surface area contributed by atoms with Crippen LogP contribution in [0.2, 0.25) is 0 Å². The summed E-state index contributed by atoms with van der Waals surface area (Å²) in [6.07, 6.45) is 10.4. The van der Waals surface area contributed by atoms with Crippen molar-refractivity contribution in [2.45, 2.75) is 0 Å². The van der Waals surface area contributed by atoms with Gasteiger partial charge in [0.15, 0.2) is 0 Å². The molecule has 5 rings (SSSR count). The maximum atomic E-state index is 3.80. The van der Waals surface area contributed by atoms with Crippen molar-refractivity contribution in [2.24, 2.45) is 0 Å². The Labute approximate surface area is 241 Å². The van der Waals surface area contributed by atoms with Gasteiger partial charge in [0.25, 0.3) is 0 Å². The number of nitrogens with zero attached hydrogens (tertiary/aromatic N) is 1. The SMILES string of the molecule is CN(C)CC1=CC=C/C1=C(\c1[c-]cccc1)[C-](C(=[C-]c1ccccc1)c1ccccc1)c1ccccc1.[Pd]. The number of hydrogen-bond donors (Lipinski definition) is 0. The van der Waals surface area contributed by atoms with E-state index < -0.39 is 0 Å². The van der Waals surface area contributed by atoms with Crippen LogP contribution >= 0.6 is 0 Å². The third-order valence-electron chi connectivity index (χ3n) is 6.31. The zero-order chi connectivity index (χ0) is 25.5. The second-order valence-electron chi connectivity index (χ2n) is 9.33. The number of hydrogen-bond acceptors (Lipinski definition) is 1. The monoisotopic (exact) mass is 582 g/mol. The van der Waals surface area contributed by atoms with Crippen molar-refractivity contribution in [1.82, 2.24) is 4.90 Å². The van der Waals surface area contributed by atoms with Gasteiger partial charge in [0.05, 0.1) is 0 Å². The molecule has 0 radical (unpaired) electrons. The van der Waals surface area contributed by atoms with E-state index in [1.54, 1.807) is 0 Å². The van der Waals surface area contributed by atoms with Crippen LogP contribution in [-0.2, 0) is 20.4 Å². The normalized spacial score (nSPS) is 14.2. The summed E-state index contributed by atoms with van der Waals surface area (Å²) in [5.74, 6) is 1.14. The maximum absolute atomic E-state index is 3.80. The van der Waals surface area contributed by atoms with Crippen molar-refractivity contribution in [3.8, 4) is 0 Å². The van der Waals surface area contributed by atoms with Crippen LogP contribution < -0.4 is 0 Å². The van der Waals surface area contributed by atoms with Crippen LogP contribution in [0, 0.1) is 18.1 Å². The first kappa shape index (κ1) is 27.4. The third-order valence-corrected chi connectivity index (χ3v) is 6.31. The van der Waals surface area contributed by atoms with Gasteiger partial charge >= 0.3 is 0 Å². The topological polar surface area (TPSA) is 3.24 Å². The van der Waals surface area contributed by atoms with Gasteiger partial charge in [0.2, 0.25) is 0 Å². The molecular formula is C36H30NPd-3. The van der Waals surface area contributed by atoms with E-state index in [9.17, 15) is 0 Å². The molecule has 0 aromatic heterocycles. The Hall–Kier alpha value is -3.67. The quantitative estimate of drug-likeness (QED) is 0.116. The summed E-state index contributed by atoms with van der Waals surface area (Å²) >= 11 is 0. The van der Waals surface area contributed by atoms with E-state index in [1.165, 1.54) is 11.1 Å². The summed E-state index contributed by atoms with van der Waals surface area (Å²) in [5, 5.41) is 0. The Kier molecular flexibility index (Phi) is 9.52. The summed E-state index contributed by atoms with van der Waals surface area (Å²) in [4.78, 5) is 2.22. The molecule has 0 unspecified atom stereocenters. The molecule has 0 aliphatic heterocycles. The number of likely N-dealkylation sites (N-methyl/N-ethyl adjacent to an activating group) is 1. The molecule has 0 heterocycles. The molecule has 4 aromatic carbocycles. The molecule has 38 heavy (non-hydrogen) atoms. The van der Waals surface area contributed by atoms with Gasteiger partial charge in [0, 0.05) is 27.0 Å². The smallest absolute Gasteiger partial charge is 0.0128 e. The summed E-state index contributed by atoms with van der Waals surface area (Å²) in [6.45, 7) is 0.855.